The van der Waals surface area contributed by atoms with E-state index in [0.717, 1.165) is 32.7 Å². The lowest BCUT2D eigenvalue weighted by atomic mass is 9.83. The lowest BCUT2D eigenvalue weighted by Gasteiger charge is -2.25. The van der Waals surface area contributed by atoms with Crippen LogP contribution in [-0.2, 0) is 14.9 Å². The fourth-order valence-electron chi connectivity index (χ4n) is 5.09. The Labute approximate surface area is 231 Å². The number of phenolic OH excluding ortho intramolecular Hbond substituents is 1. The van der Waals surface area contributed by atoms with Gasteiger partial charge in [-0.1, -0.05) is 40.2 Å². The van der Waals surface area contributed by atoms with E-state index in [1.807, 2.05) is 62.1 Å². The summed E-state index contributed by atoms with van der Waals surface area (Å²) in [5.41, 5.74) is 3.47. The van der Waals surface area contributed by atoms with Crippen molar-refractivity contribution in [2.24, 2.45) is 0 Å². The zero-order chi connectivity index (χ0) is 26.3. The maximum absolute atomic E-state index is 13.4. The van der Waals surface area contributed by atoms with Gasteiger partial charge < -0.3 is 18.8 Å². The second-order valence-corrected chi connectivity index (χ2v) is 12.0. The molecule has 6 rings (SSSR count). The molecule has 8 heteroatoms. The van der Waals surface area contributed by atoms with Crippen LogP contribution in [0.4, 0.5) is 0 Å². The Morgan fingerprint density at radius 3 is 2.13 bits per heavy atom. The predicted octanol–water partition coefficient (Wildman–Crippen LogP) is 5.80. The number of ether oxygens (including phenoxy) is 2. The van der Waals surface area contributed by atoms with Crippen molar-refractivity contribution in [2.45, 2.75) is 23.9 Å². The summed E-state index contributed by atoms with van der Waals surface area (Å²) >= 11 is 3.35. The van der Waals surface area contributed by atoms with Crippen molar-refractivity contribution in [3.05, 3.63) is 120 Å². The molecule has 0 unspecified atom stereocenters. The van der Waals surface area contributed by atoms with Gasteiger partial charge in [-0.3, -0.25) is 0 Å². The van der Waals surface area contributed by atoms with E-state index < -0.39 is 27.6 Å². The summed E-state index contributed by atoms with van der Waals surface area (Å²) in [7, 11) is -3.99. The molecule has 2 bridgehead atoms. The number of halogens is 1. The topological polar surface area (TPSA) is 82.1 Å². The molecule has 193 valence electrons. The van der Waals surface area contributed by atoms with Gasteiger partial charge in [0.25, 0.3) is 0 Å². The minimum Gasteiger partial charge on any atom is -0.508 e. The number of hydrogen-bond donors (Lipinski definition) is 1. The standard InChI is InChI=1S/C30H24BrO6S/c31-22-9-15-25(16-10-22)37-38(33,34)27-17-26-28(20-5-11-23(32)12-6-20)29(30(27)36-26)21-7-13-24(14-8-21)35-18-19-3-1-2-4-19/h1-16,26-27,30,32H,17-18H2/t26-,27+,30+/m1/s1. The van der Waals surface area contributed by atoms with Gasteiger partial charge >= 0.3 is 10.1 Å². The fraction of sp³-hybridized carbons (Fsp3) is 0.167. The Morgan fingerprint density at radius 1 is 0.842 bits per heavy atom. The molecule has 1 N–H and O–H groups in total. The Hall–Kier alpha value is -2.81. The highest BCUT2D eigenvalue weighted by Crippen LogP contribution is 2.51. The van der Waals surface area contributed by atoms with Gasteiger partial charge in [0.1, 0.15) is 28.6 Å². The molecule has 2 heterocycles. The summed E-state index contributed by atoms with van der Waals surface area (Å²) in [6, 6.07) is 21.2. The van der Waals surface area contributed by atoms with Crippen molar-refractivity contribution in [3.8, 4) is 17.2 Å². The van der Waals surface area contributed by atoms with Crippen LogP contribution < -0.4 is 8.92 Å². The molecule has 2 fully saturated rings. The van der Waals surface area contributed by atoms with Gasteiger partial charge in [-0.15, -0.1) is 0 Å². The van der Waals surface area contributed by atoms with Crippen molar-refractivity contribution in [1.29, 1.82) is 0 Å². The van der Waals surface area contributed by atoms with E-state index in [2.05, 4.69) is 15.9 Å². The van der Waals surface area contributed by atoms with Gasteiger partial charge in [-0.05, 0) is 96.5 Å². The third-order valence-electron chi connectivity index (χ3n) is 6.87. The molecule has 3 aliphatic rings. The SMILES string of the molecule is O=S(=O)(Oc1ccc(Br)cc1)[C@H]1C[C@H]2O[C@@H]1C(c1ccc(OC[C]3[CH][CH][CH][CH]3)cc1)=C2c1ccc(O)cc1. The van der Waals surface area contributed by atoms with Gasteiger partial charge in [0.15, 0.2) is 0 Å². The van der Waals surface area contributed by atoms with Crippen LogP contribution in [0.1, 0.15) is 17.5 Å². The van der Waals surface area contributed by atoms with Gasteiger partial charge in [0, 0.05) is 16.8 Å². The summed E-state index contributed by atoms with van der Waals surface area (Å²) in [6.45, 7) is 0.468. The fourth-order valence-corrected chi connectivity index (χ4v) is 6.77. The molecule has 0 amide bonds. The smallest absolute Gasteiger partial charge is 0.315 e. The highest BCUT2D eigenvalue weighted by atomic mass is 79.9. The normalized spacial score (nSPS) is 23.2. The van der Waals surface area contributed by atoms with Crippen LogP contribution in [-0.4, -0.2) is 37.6 Å². The Morgan fingerprint density at radius 2 is 1.45 bits per heavy atom. The summed E-state index contributed by atoms with van der Waals surface area (Å²) in [5.74, 6) is 2.22. The Balaban J connectivity index is 1.31. The third kappa shape index (κ3) is 5.09. The first-order valence-electron chi connectivity index (χ1n) is 12.2. The van der Waals surface area contributed by atoms with Crippen molar-refractivity contribution in [1.82, 2.24) is 0 Å². The van der Waals surface area contributed by atoms with E-state index in [1.54, 1.807) is 36.4 Å². The summed E-state index contributed by atoms with van der Waals surface area (Å²) < 4.78 is 45.3. The largest absolute Gasteiger partial charge is 0.508 e. The lowest BCUT2D eigenvalue weighted by Crippen LogP contribution is -2.35. The summed E-state index contributed by atoms with van der Waals surface area (Å²) in [4.78, 5) is 0. The van der Waals surface area contributed by atoms with Crippen molar-refractivity contribution in [3.63, 3.8) is 0 Å². The predicted molar refractivity (Wildman–Crippen MR) is 148 cm³/mol. The van der Waals surface area contributed by atoms with E-state index in [-0.39, 0.29) is 17.9 Å². The van der Waals surface area contributed by atoms with Crippen LogP contribution in [0.25, 0.3) is 11.1 Å². The summed E-state index contributed by atoms with van der Waals surface area (Å²) in [6.07, 6.45) is 7.13. The van der Waals surface area contributed by atoms with Crippen LogP contribution in [0.15, 0.2) is 77.3 Å². The van der Waals surface area contributed by atoms with Crippen LogP contribution >= 0.6 is 15.9 Å². The van der Waals surface area contributed by atoms with Crippen LogP contribution in [0.5, 0.6) is 17.2 Å². The van der Waals surface area contributed by atoms with E-state index in [0.29, 0.717) is 12.4 Å². The molecule has 1 aliphatic carbocycles. The monoisotopic (exact) mass is 591 g/mol. The van der Waals surface area contributed by atoms with Crippen molar-refractivity contribution < 1.29 is 27.2 Å². The molecular formula is C30H24BrO6S. The zero-order valence-corrected chi connectivity index (χ0v) is 22.6. The molecule has 2 aliphatic heterocycles. The van der Waals surface area contributed by atoms with Gasteiger partial charge in [-0.2, -0.15) is 8.42 Å². The minimum absolute atomic E-state index is 0.162. The number of fused-ring (bicyclic) bond motifs is 2. The average Bonchev–Trinajstić information content (AvgIpc) is 3.67. The average molecular weight is 592 g/mol. The second-order valence-electron chi connectivity index (χ2n) is 9.33. The highest BCUT2D eigenvalue weighted by Gasteiger charge is 2.53. The molecule has 0 aromatic heterocycles. The van der Waals surface area contributed by atoms with E-state index in [9.17, 15) is 13.5 Å². The zero-order valence-electron chi connectivity index (χ0n) is 20.2. The molecule has 3 aromatic carbocycles. The number of rotatable bonds is 8. The van der Waals surface area contributed by atoms with Gasteiger partial charge in [0.05, 0.1) is 12.7 Å². The van der Waals surface area contributed by atoms with Crippen LogP contribution in [0.2, 0.25) is 0 Å². The molecular weight excluding hydrogens is 568 g/mol. The minimum atomic E-state index is -3.99. The first kappa shape index (κ1) is 25.5. The third-order valence-corrected chi connectivity index (χ3v) is 9.00. The first-order chi connectivity index (χ1) is 18.4. The van der Waals surface area contributed by atoms with Crippen molar-refractivity contribution >= 4 is 37.2 Å². The van der Waals surface area contributed by atoms with E-state index >= 15 is 0 Å². The molecule has 5 radical (unpaired) electrons. The van der Waals surface area contributed by atoms with Crippen LogP contribution in [0.3, 0.4) is 0 Å². The van der Waals surface area contributed by atoms with Gasteiger partial charge in [0.2, 0.25) is 0 Å². The van der Waals surface area contributed by atoms with E-state index in [4.69, 9.17) is 13.7 Å². The molecule has 3 aromatic rings. The number of aromatic hydroxyl groups is 1. The van der Waals surface area contributed by atoms with Gasteiger partial charge in [-0.25, -0.2) is 0 Å². The molecule has 6 nitrogen and oxygen atoms in total. The quantitative estimate of drug-likeness (QED) is 0.333. The molecule has 1 saturated heterocycles. The molecule has 0 spiro atoms. The second kappa shape index (κ2) is 10.4. The highest BCUT2D eigenvalue weighted by molar-refractivity contribution is 9.10. The van der Waals surface area contributed by atoms with Crippen molar-refractivity contribution in [2.75, 3.05) is 6.61 Å². The number of phenols is 1. The molecule has 3 atom stereocenters. The maximum atomic E-state index is 13.4. The first-order valence-corrected chi connectivity index (χ1v) is 14.5. The van der Waals surface area contributed by atoms with Crippen LogP contribution in [0, 0.1) is 31.6 Å². The molecule has 1 saturated carbocycles. The number of benzene rings is 3. The lowest BCUT2D eigenvalue weighted by molar-refractivity contribution is 0.128. The maximum Gasteiger partial charge on any atom is 0.315 e. The Bertz CT molecular complexity index is 1430. The Kier molecular flexibility index (Phi) is 6.97. The number of hydrogen-bond acceptors (Lipinski definition) is 6. The van der Waals surface area contributed by atoms with E-state index in [1.165, 1.54) is 0 Å². The summed E-state index contributed by atoms with van der Waals surface area (Å²) in [5, 5.41) is 8.95. The molecule has 38 heavy (non-hydrogen) atoms.